The lowest BCUT2D eigenvalue weighted by Crippen LogP contribution is -2.20. The molecular formula is C21H22BrN3O5S. The largest absolute Gasteiger partial charge is 0.483 e. The molecule has 8 nitrogen and oxygen atoms in total. The Hall–Kier alpha value is -2.85. The number of carbonyl (C=O) groups excluding carboxylic acids is 1. The second-order valence-corrected chi connectivity index (χ2v) is 9.34. The van der Waals surface area contributed by atoms with Crippen LogP contribution in [0.2, 0.25) is 0 Å². The molecule has 164 valence electrons. The van der Waals surface area contributed by atoms with Crippen LogP contribution >= 0.6 is 15.9 Å². The van der Waals surface area contributed by atoms with E-state index in [1.54, 1.807) is 19.9 Å². The Balaban J connectivity index is 1.59. The third kappa shape index (κ3) is 5.65. The SMILES string of the molecule is CCc1ccc(OCC(=O)Nc2ccc(S(=O)(=O)Nc3onc(C)c3C)cc2)c(Br)c1. The molecule has 31 heavy (non-hydrogen) atoms. The quantitative estimate of drug-likeness (QED) is 0.466. The minimum atomic E-state index is -3.85. The number of benzene rings is 2. The van der Waals surface area contributed by atoms with Gasteiger partial charge in [-0.2, -0.15) is 0 Å². The van der Waals surface area contributed by atoms with Crippen LogP contribution in [0.15, 0.2) is 56.4 Å². The summed E-state index contributed by atoms with van der Waals surface area (Å²) >= 11 is 3.43. The molecular weight excluding hydrogens is 486 g/mol. The number of anilines is 2. The number of sulfonamides is 1. The van der Waals surface area contributed by atoms with Crippen LogP contribution in [0.5, 0.6) is 5.75 Å². The van der Waals surface area contributed by atoms with E-state index in [-0.39, 0.29) is 23.3 Å². The number of nitrogens with zero attached hydrogens (tertiary/aromatic N) is 1. The highest BCUT2D eigenvalue weighted by atomic mass is 79.9. The van der Waals surface area contributed by atoms with Gasteiger partial charge in [0.25, 0.3) is 15.9 Å². The number of rotatable bonds is 8. The van der Waals surface area contributed by atoms with Gasteiger partial charge in [0.2, 0.25) is 5.88 Å². The molecule has 0 unspecified atom stereocenters. The van der Waals surface area contributed by atoms with Gasteiger partial charge in [0, 0.05) is 11.3 Å². The molecule has 1 amide bonds. The summed E-state index contributed by atoms with van der Waals surface area (Å²) in [5, 5.41) is 6.40. The molecule has 0 spiro atoms. The molecule has 2 N–H and O–H groups in total. The Morgan fingerprint density at radius 3 is 2.45 bits per heavy atom. The summed E-state index contributed by atoms with van der Waals surface area (Å²) in [5.74, 6) is 0.274. The molecule has 0 fully saturated rings. The summed E-state index contributed by atoms with van der Waals surface area (Å²) < 4.78 is 38.7. The molecule has 0 saturated carbocycles. The Kier molecular flexibility index (Phi) is 7.01. The molecule has 3 aromatic rings. The lowest BCUT2D eigenvalue weighted by atomic mass is 10.2. The third-order valence-corrected chi connectivity index (χ3v) is 6.56. The summed E-state index contributed by atoms with van der Waals surface area (Å²) in [4.78, 5) is 12.2. The van der Waals surface area contributed by atoms with Crippen LogP contribution in [-0.4, -0.2) is 26.1 Å². The number of hydrogen-bond acceptors (Lipinski definition) is 6. The maximum atomic E-state index is 12.5. The number of ether oxygens (including phenoxy) is 1. The smallest absolute Gasteiger partial charge is 0.264 e. The lowest BCUT2D eigenvalue weighted by Gasteiger charge is -2.10. The second-order valence-electron chi connectivity index (χ2n) is 6.81. The zero-order valence-corrected chi connectivity index (χ0v) is 19.6. The van der Waals surface area contributed by atoms with Gasteiger partial charge in [-0.25, -0.2) is 13.1 Å². The van der Waals surface area contributed by atoms with Gasteiger partial charge in [0.15, 0.2) is 6.61 Å². The third-order valence-electron chi connectivity index (χ3n) is 4.60. The summed E-state index contributed by atoms with van der Waals surface area (Å²) in [5.41, 5.74) is 2.82. The molecule has 0 aliphatic rings. The Bertz CT molecular complexity index is 1190. The average molecular weight is 508 g/mol. The monoisotopic (exact) mass is 507 g/mol. The van der Waals surface area contributed by atoms with Crippen molar-refractivity contribution < 1.29 is 22.5 Å². The van der Waals surface area contributed by atoms with Gasteiger partial charge in [-0.3, -0.25) is 4.79 Å². The van der Waals surface area contributed by atoms with Gasteiger partial charge in [-0.05, 0) is 78.2 Å². The molecule has 0 aliphatic heterocycles. The van der Waals surface area contributed by atoms with Crippen LogP contribution in [0.25, 0.3) is 0 Å². The summed E-state index contributed by atoms with van der Waals surface area (Å²) in [6.45, 7) is 5.30. The van der Waals surface area contributed by atoms with Gasteiger partial charge < -0.3 is 14.6 Å². The van der Waals surface area contributed by atoms with E-state index in [9.17, 15) is 13.2 Å². The van der Waals surface area contributed by atoms with Crippen molar-refractivity contribution in [1.29, 1.82) is 0 Å². The standard InChI is InChI=1S/C21H22BrN3O5S/c1-4-15-5-10-19(18(22)11-15)29-12-20(26)23-16-6-8-17(9-7-16)31(27,28)25-21-13(2)14(3)24-30-21/h5-11,25H,4,12H2,1-3H3,(H,23,26). The number of hydrogen-bond donors (Lipinski definition) is 2. The number of amides is 1. The maximum Gasteiger partial charge on any atom is 0.264 e. The molecule has 0 bridgehead atoms. The summed E-state index contributed by atoms with van der Waals surface area (Å²) in [6.07, 6.45) is 0.901. The zero-order valence-electron chi connectivity index (χ0n) is 17.2. The minimum Gasteiger partial charge on any atom is -0.483 e. The second kappa shape index (κ2) is 9.52. The van der Waals surface area contributed by atoms with E-state index in [1.807, 2.05) is 12.1 Å². The van der Waals surface area contributed by atoms with E-state index in [4.69, 9.17) is 9.26 Å². The number of carbonyl (C=O) groups is 1. The molecule has 10 heteroatoms. The van der Waals surface area contributed by atoms with E-state index in [1.165, 1.54) is 24.3 Å². The normalized spacial score (nSPS) is 11.2. The molecule has 3 rings (SSSR count). The van der Waals surface area contributed by atoms with Crippen molar-refractivity contribution in [2.45, 2.75) is 32.1 Å². The van der Waals surface area contributed by atoms with Crippen molar-refractivity contribution in [3.05, 3.63) is 63.8 Å². The van der Waals surface area contributed by atoms with Gasteiger partial charge in [-0.15, -0.1) is 0 Å². The summed E-state index contributed by atoms with van der Waals surface area (Å²) in [6, 6.07) is 11.5. The fraction of sp³-hybridized carbons (Fsp3) is 0.238. The van der Waals surface area contributed by atoms with E-state index in [0.29, 0.717) is 22.7 Å². The topological polar surface area (TPSA) is 111 Å². The average Bonchev–Trinajstić information content (AvgIpc) is 3.04. The predicted molar refractivity (Wildman–Crippen MR) is 121 cm³/mol. The Labute approximate surface area is 189 Å². The van der Waals surface area contributed by atoms with Gasteiger partial charge in [0.05, 0.1) is 15.1 Å². The molecule has 0 saturated heterocycles. The first-order valence-corrected chi connectivity index (χ1v) is 11.7. The van der Waals surface area contributed by atoms with Crippen molar-refractivity contribution >= 4 is 43.4 Å². The first-order valence-electron chi connectivity index (χ1n) is 9.46. The van der Waals surface area contributed by atoms with Crippen LogP contribution in [0.4, 0.5) is 11.6 Å². The van der Waals surface area contributed by atoms with Crippen molar-refractivity contribution in [2.24, 2.45) is 0 Å². The molecule has 1 heterocycles. The fourth-order valence-electron chi connectivity index (χ4n) is 2.63. The first-order chi connectivity index (χ1) is 14.7. The van der Waals surface area contributed by atoms with Gasteiger partial charge in [-0.1, -0.05) is 18.1 Å². The number of halogens is 1. The van der Waals surface area contributed by atoms with Crippen molar-refractivity contribution in [3.63, 3.8) is 0 Å². The van der Waals surface area contributed by atoms with Crippen LogP contribution in [0.1, 0.15) is 23.7 Å². The maximum absolute atomic E-state index is 12.5. The van der Waals surface area contributed by atoms with Crippen LogP contribution in [-0.2, 0) is 21.2 Å². The molecule has 2 aromatic carbocycles. The fourth-order valence-corrected chi connectivity index (χ4v) is 4.22. The summed E-state index contributed by atoms with van der Waals surface area (Å²) in [7, 11) is -3.85. The minimum absolute atomic E-state index is 0.0233. The lowest BCUT2D eigenvalue weighted by molar-refractivity contribution is -0.118. The van der Waals surface area contributed by atoms with E-state index < -0.39 is 10.0 Å². The van der Waals surface area contributed by atoms with Crippen LogP contribution in [0, 0.1) is 13.8 Å². The first kappa shape index (κ1) is 22.8. The van der Waals surface area contributed by atoms with Crippen molar-refractivity contribution in [2.75, 3.05) is 16.6 Å². The van der Waals surface area contributed by atoms with Gasteiger partial charge >= 0.3 is 0 Å². The highest BCUT2D eigenvalue weighted by molar-refractivity contribution is 9.10. The predicted octanol–water partition coefficient (Wildman–Crippen LogP) is 4.43. The van der Waals surface area contributed by atoms with Crippen LogP contribution in [0.3, 0.4) is 0 Å². The zero-order chi connectivity index (χ0) is 22.6. The van der Waals surface area contributed by atoms with E-state index in [2.05, 4.69) is 38.0 Å². The Morgan fingerprint density at radius 1 is 1.16 bits per heavy atom. The van der Waals surface area contributed by atoms with Crippen molar-refractivity contribution in [3.8, 4) is 5.75 Å². The molecule has 1 aromatic heterocycles. The van der Waals surface area contributed by atoms with Crippen LogP contribution < -0.4 is 14.8 Å². The van der Waals surface area contributed by atoms with Gasteiger partial charge in [0.1, 0.15) is 5.75 Å². The van der Waals surface area contributed by atoms with E-state index in [0.717, 1.165) is 16.5 Å². The Morgan fingerprint density at radius 2 is 1.87 bits per heavy atom. The molecule has 0 aliphatic carbocycles. The van der Waals surface area contributed by atoms with Crippen molar-refractivity contribution in [1.82, 2.24) is 5.16 Å². The number of nitrogens with one attached hydrogen (secondary N) is 2. The highest BCUT2D eigenvalue weighted by Crippen LogP contribution is 2.26. The molecule has 0 atom stereocenters. The molecule has 0 radical (unpaired) electrons. The van der Waals surface area contributed by atoms with E-state index >= 15 is 0 Å². The number of aromatic nitrogens is 1. The number of aryl methyl sites for hydroxylation is 2. The highest BCUT2D eigenvalue weighted by Gasteiger charge is 2.19.